The molecule has 1 aromatic carbocycles. The van der Waals surface area contributed by atoms with Gasteiger partial charge in [0.1, 0.15) is 24.0 Å². The molecule has 0 aliphatic heterocycles. The van der Waals surface area contributed by atoms with Crippen molar-refractivity contribution in [3.8, 4) is 5.75 Å². The zero-order chi connectivity index (χ0) is 14.1. The third-order valence-corrected chi connectivity index (χ3v) is 2.50. The van der Waals surface area contributed by atoms with Gasteiger partial charge in [0, 0.05) is 23.6 Å². The summed E-state index contributed by atoms with van der Waals surface area (Å²) < 4.78 is 41.9. The number of hydrogen-bond donors (Lipinski definition) is 0. The van der Waals surface area contributed by atoms with Crippen LogP contribution < -0.4 is 4.74 Å². The SMILES string of the molecule is Cc1c(F)cc(OCCOCCOCCCl)cc1F. The molecule has 0 saturated carbocycles. The minimum absolute atomic E-state index is 0.0139. The van der Waals surface area contributed by atoms with Crippen LogP contribution in [0.4, 0.5) is 8.78 Å². The molecule has 0 bridgehead atoms. The lowest BCUT2D eigenvalue weighted by Crippen LogP contribution is -2.11. The Bertz CT molecular complexity index is 365. The molecular formula is C13H17ClF2O3. The molecule has 1 rings (SSSR count). The fraction of sp³-hybridized carbons (Fsp3) is 0.538. The van der Waals surface area contributed by atoms with E-state index in [0.29, 0.717) is 32.3 Å². The molecule has 1 aromatic rings. The van der Waals surface area contributed by atoms with Crippen molar-refractivity contribution in [2.24, 2.45) is 0 Å². The summed E-state index contributed by atoms with van der Waals surface area (Å²) >= 11 is 5.42. The van der Waals surface area contributed by atoms with E-state index in [1.165, 1.54) is 6.92 Å². The maximum Gasteiger partial charge on any atom is 0.132 e. The van der Waals surface area contributed by atoms with Gasteiger partial charge in [0.2, 0.25) is 0 Å². The summed E-state index contributed by atoms with van der Waals surface area (Å²) in [5.74, 6) is -0.633. The van der Waals surface area contributed by atoms with Gasteiger partial charge in [0.05, 0.1) is 26.4 Å². The Balaban J connectivity index is 2.16. The second kappa shape index (κ2) is 9.07. The largest absolute Gasteiger partial charge is 0.491 e. The number of ether oxygens (including phenoxy) is 3. The van der Waals surface area contributed by atoms with E-state index in [1.807, 2.05) is 0 Å². The number of halogens is 3. The number of alkyl halides is 1. The summed E-state index contributed by atoms with van der Waals surface area (Å²) in [5.41, 5.74) is -0.0139. The second-order valence-corrected chi connectivity index (χ2v) is 4.15. The first-order valence-corrected chi connectivity index (χ1v) is 6.48. The Morgan fingerprint density at radius 1 is 0.947 bits per heavy atom. The van der Waals surface area contributed by atoms with Crippen LogP contribution in [-0.2, 0) is 9.47 Å². The average Bonchev–Trinajstić information content (AvgIpc) is 2.39. The van der Waals surface area contributed by atoms with Crippen molar-refractivity contribution in [2.45, 2.75) is 6.92 Å². The molecule has 0 aliphatic rings. The minimum Gasteiger partial charge on any atom is -0.491 e. The summed E-state index contributed by atoms with van der Waals surface area (Å²) in [5, 5.41) is 0. The summed E-state index contributed by atoms with van der Waals surface area (Å²) in [4.78, 5) is 0. The molecule has 0 fully saturated rings. The van der Waals surface area contributed by atoms with Crippen LogP contribution in [0.3, 0.4) is 0 Å². The fourth-order valence-corrected chi connectivity index (χ4v) is 1.41. The Morgan fingerprint density at radius 2 is 1.47 bits per heavy atom. The first kappa shape index (κ1) is 16.1. The van der Waals surface area contributed by atoms with E-state index in [1.54, 1.807) is 0 Å². The molecule has 0 aliphatic carbocycles. The molecule has 0 aromatic heterocycles. The third kappa shape index (κ3) is 6.18. The van der Waals surface area contributed by atoms with E-state index in [4.69, 9.17) is 25.8 Å². The highest BCUT2D eigenvalue weighted by atomic mass is 35.5. The van der Waals surface area contributed by atoms with Gasteiger partial charge in [-0.3, -0.25) is 0 Å². The predicted octanol–water partition coefficient (Wildman–Crippen LogP) is 2.92. The van der Waals surface area contributed by atoms with Crippen LogP contribution in [0.5, 0.6) is 5.75 Å². The Hall–Kier alpha value is -0.910. The van der Waals surface area contributed by atoms with Gasteiger partial charge in [-0.05, 0) is 6.92 Å². The van der Waals surface area contributed by atoms with Gasteiger partial charge < -0.3 is 14.2 Å². The van der Waals surface area contributed by atoms with E-state index in [9.17, 15) is 8.78 Å². The van der Waals surface area contributed by atoms with Crippen LogP contribution >= 0.6 is 11.6 Å². The quantitative estimate of drug-likeness (QED) is 0.518. The predicted molar refractivity (Wildman–Crippen MR) is 68.9 cm³/mol. The van der Waals surface area contributed by atoms with Gasteiger partial charge in [-0.25, -0.2) is 8.78 Å². The molecule has 108 valence electrons. The monoisotopic (exact) mass is 294 g/mol. The van der Waals surface area contributed by atoms with Crippen LogP contribution in [0, 0.1) is 18.6 Å². The van der Waals surface area contributed by atoms with Crippen molar-refractivity contribution in [1.82, 2.24) is 0 Å². The summed E-state index contributed by atoms with van der Waals surface area (Å²) in [6, 6.07) is 2.31. The van der Waals surface area contributed by atoms with Gasteiger partial charge in [0.25, 0.3) is 0 Å². The van der Waals surface area contributed by atoms with E-state index >= 15 is 0 Å². The Labute approximate surface area is 116 Å². The highest BCUT2D eigenvalue weighted by Gasteiger charge is 2.07. The molecule has 3 nitrogen and oxygen atoms in total. The zero-order valence-corrected chi connectivity index (χ0v) is 11.5. The van der Waals surface area contributed by atoms with Crippen molar-refractivity contribution in [3.05, 3.63) is 29.3 Å². The highest BCUT2D eigenvalue weighted by Crippen LogP contribution is 2.19. The third-order valence-electron chi connectivity index (χ3n) is 2.34. The second-order valence-electron chi connectivity index (χ2n) is 3.77. The molecule has 6 heteroatoms. The van der Waals surface area contributed by atoms with E-state index in [-0.39, 0.29) is 17.9 Å². The first-order valence-electron chi connectivity index (χ1n) is 5.95. The van der Waals surface area contributed by atoms with Crippen molar-refractivity contribution in [2.75, 3.05) is 38.9 Å². The summed E-state index contributed by atoms with van der Waals surface area (Å²) in [7, 11) is 0. The molecule has 0 radical (unpaired) electrons. The van der Waals surface area contributed by atoms with Crippen molar-refractivity contribution in [1.29, 1.82) is 0 Å². The molecule has 0 spiro atoms. The van der Waals surface area contributed by atoms with Gasteiger partial charge in [0.15, 0.2) is 0 Å². The summed E-state index contributed by atoms with van der Waals surface area (Å²) in [6.45, 7) is 3.29. The molecule has 0 amide bonds. The van der Waals surface area contributed by atoms with Gasteiger partial charge in [-0.15, -0.1) is 11.6 Å². The van der Waals surface area contributed by atoms with E-state index in [0.717, 1.165) is 12.1 Å². The fourth-order valence-electron chi connectivity index (χ4n) is 1.30. The number of hydrogen-bond acceptors (Lipinski definition) is 3. The molecular weight excluding hydrogens is 278 g/mol. The van der Waals surface area contributed by atoms with Gasteiger partial charge in [-0.1, -0.05) is 0 Å². The van der Waals surface area contributed by atoms with Crippen LogP contribution in [0.1, 0.15) is 5.56 Å². The number of rotatable bonds is 9. The minimum atomic E-state index is -0.620. The molecule has 0 saturated heterocycles. The van der Waals surface area contributed by atoms with Gasteiger partial charge >= 0.3 is 0 Å². The lowest BCUT2D eigenvalue weighted by Gasteiger charge is -2.08. The van der Waals surface area contributed by atoms with E-state index < -0.39 is 11.6 Å². The lowest BCUT2D eigenvalue weighted by molar-refractivity contribution is 0.0409. The van der Waals surface area contributed by atoms with Crippen molar-refractivity contribution >= 4 is 11.6 Å². The molecule has 0 heterocycles. The van der Waals surface area contributed by atoms with Crippen molar-refractivity contribution in [3.63, 3.8) is 0 Å². The Kier molecular flexibility index (Phi) is 7.70. The number of benzene rings is 1. The lowest BCUT2D eigenvalue weighted by atomic mass is 10.2. The first-order chi connectivity index (χ1) is 9.15. The average molecular weight is 295 g/mol. The topological polar surface area (TPSA) is 27.7 Å². The van der Waals surface area contributed by atoms with Gasteiger partial charge in [-0.2, -0.15) is 0 Å². The van der Waals surface area contributed by atoms with Crippen LogP contribution in [0.25, 0.3) is 0 Å². The standard InChI is InChI=1S/C13H17ClF2O3/c1-10-12(15)8-11(9-13(10)16)19-7-6-18-5-4-17-3-2-14/h8-9H,2-7H2,1H3. The maximum atomic E-state index is 13.2. The molecule has 0 unspecified atom stereocenters. The highest BCUT2D eigenvalue weighted by molar-refractivity contribution is 6.17. The molecule has 19 heavy (non-hydrogen) atoms. The van der Waals surface area contributed by atoms with Crippen LogP contribution in [-0.4, -0.2) is 38.9 Å². The van der Waals surface area contributed by atoms with E-state index in [2.05, 4.69) is 0 Å². The van der Waals surface area contributed by atoms with Crippen LogP contribution in [0.15, 0.2) is 12.1 Å². The maximum absolute atomic E-state index is 13.2. The summed E-state index contributed by atoms with van der Waals surface area (Å²) in [6.07, 6.45) is 0. The normalized spacial score (nSPS) is 10.7. The molecule has 0 N–H and O–H groups in total. The van der Waals surface area contributed by atoms with Crippen molar-refractivity contribution < 1.29 is 23.0 Å². The molecule has 0 atom stereocenters. The smallest absolute Gasteiger partial charge is 0.132 e. The zero-order valence-electron chi connectivity index (χ0n) is 10.8. The van der Waals surface area contributed by atoms with Crippen LogP contribution in [0.2, 0.25) is 0 Å². The Morgan fingerprint density at radius 3 is 2.05 bits per heavy atom.